The van der Waals surface area contributed by atoms with E-state index < -0.39 is 55.4 Å². The maximum absolute atomic E-state index is 12.9. The number of alkyl halides is 6. The highest BCUT2D eigenvalue weighted by molar-refractivity contribution is 7.98. The van der Waals surface area contributed by atoms with Crippen molar-refractivity contribution in [1.29, 1.82) is 0 Å². The summed E-state index contributed by atoms with van der Waals surface area (Å²) in [6, 6.07) is 21.9. The van der Waals surface area contributed by atoms with Gasteiger partial charge in [0.25, 0.3) is 10.0 Å². The number of nitrogens with one attached hydrogen (secondary N) is 2. The van der Waals surface area contributed by atoms with Crippen LogP contribution in [0.25, 0.3) is 0 Å². The van der Waals surface area contributed by atoms with Crippen LogP contribution in [-0.4, -0.2) is 39.9 Å². The molecule has 4 aromatic rings. The van der Waals surface area contributed by atoms with E-state index in [2.05, 4.69) is 9.62 Å². The molecule has 52 heavy (non-hydrogen) atoms. The Morgan fingerprint density at radius 3 is 1.87 bits per heavy atom. The molecule has 0 fully saturated rings. The van der Waals surface area contributed by atoms with E-state index in [1.807, 2.05) is 13.8 Å². The summed E-state index contributed by atoms with van der Waals surface area (Å²) in [6.45, 7) is 3.45. The molecule has 0 radical (unpaired) electrons. The van der Waals surface area contributed by atoms with Gasteiger partial charge in [-0.3, -0.25) is 13.9 Å². The number of ether oxygens (including phenoxy) is 1. The lowest BCUT2D eigenvalue weighted by Gasteiger charge is -2.13. The molecule has 0 aliphatic heterocycles. The van der Waals surface area contributed by atoms with Gasteiger partial charge in [-0.05, 0) is 65.5 Å². The van der Waals surface area contributed by atoms with Crippen molar-refractivity contribution in [3.05, 3.63) is 114 Å². The van der Waals surface area contributed by atoms with E-state index in [1.165, 1.54) is 79.1 Å². The molecular weight excluding hydrogens is 783 g/mol. The highest BCUT2D eigenvalue weighted by Crippen LogP contribution is 2.32. The molecule has 0 bridgehead atoms. The van der Waals surface area contributed by atoms with Crippen LogP contribution in [0.3, 0.4) is 0 Å². The second kappa shape index (κ2) is 20.1. The fourth-order valence-electron chi connectivity index (χ4n) is 3.88. The highest BCUT2D eigenvalue weighted by atomic mass is 32.2. The number of sulfone groups is 1. The first-order valence-corrected chi connectivity index (χ1v) is 20.4. The normalized spacial score (nSPS) is 12.5. The van der Waals surface area contributed by atoms with Crippen LogP contribution in [0, 0.1) is 0 Å². The van der Waals surface area contributed by atoms with Crippen molar-refractivity contribution in [2.75, 3.05) is 12.5 Å². The molecular formula is C32H34F6N2O8S4. The van der Waals surface area contributed by atoms with E-state index in [-0.39, 0.29) is 32.6 Å². The number of hydrogen-bond donors (Lipinski definition) is 2. The molecule has 10 nitrogen and oxygen atoms in total. The summed E-state index contributed by atoms with van der Waals surface area (Å²) >= 11 is 0.979. The summed E-state index contributed by atoms with van der Waals surface area (Å²) in [6.07, 6.45) is -6.89. The Balaban J connectivity index is 0.000000344. The van der Waals surface area contributed by atoms with Crippen molar-refractivity contribution in [2.45, 2.75) is 59.2 Å². The Labute approximate surface area is 304 Å². The fraction of sp³-hybridized carbons (Fsp3) is 0.250. The van der Waals surface area contributed by atoms with Crippen LogP contribution in [-0.2, 0) is 59.7 Å². The number of sulfonamides is 1. The minimum absolute atomic E-state index is 0.0642. The second-order valence-electron chi connectivity index (χ2n) is 9.82. The maximum atomic E-state index is 12.9. The molecule has 1 unspecified atom stereocenters. The van der Waals surface area contributed by atoms with Crippen molar-refractivity contribution in [2.24, 2.45) is 0 Å². The highest BCUT2D eigenvalue weighted by Gasteiger charge is 2.33. The van der Waals surface area contributed by atoms with Crippen LogP contribution < -0.4 is 14.5 Å². The van der Waals surface area contributed by atoms with Crippen LogP contribution in [0.15, 0.2) is 117 Å². The molecule has 0 aliphatic carbocycles. The molecule has 0 heterocycles. The average molecular weight is 817 g/mol. The van der Waals surface area contributed by atoms with Gasteiger partial charge in [0, 0.05) is 17.4 Å². The monoisotopic (exact) mass is 816 g/mol. The predicted octanol–water partition coefficient (Wildman–Crippen LogP) is 7.60. The van der Waals surface area contributed by atoms with Gasteiger partial charge in [-0.15, -0.1) is 18.1 Å². The molecule has 4 aromatic carbocycles. The van der Waals surface area contributed by atoms with Gasteiger partial charge >= 0.3 is 12.5 Å². The van der Waals surface area contributed by atoms with Crippen LogP contribution in [0.1, 0.15) is 30.5 Å². The van der Waals surface area contributed by atoms with E-state index in [4.69, 9.17) is 9.68 Å². The van der Waals surface area contributed by atoms with E-state index in [9.17, 15) is 47.4 Å². The van der Waals surface area contributed by atoms with Crippen molar-refractivity contribution < 1.29 is 61.8 Å². The third-order valence-electron chi connectivity index (χ3n) is 6.02. The van der Waals surface area contributed by atoms with E-state index in [0.717, 1.165) is 24.3 Å². The van der Waals surface area contributed by atoms with Gasteiger partial charge in [-0.25, -0.2) is 16.8 Å². The molecule has 2 N–H and O–H groups in total. The zero-order valence-corrected chi connectivity index (χ0v) is 31.1. The Hall–Kier alpha value is -3.50. The zero-order chi connectivity index (χ0) is 39.2. The Morgan fingerprint density at radius 1 is 0.731 bits per heavy atom. The molecule has 0 saturated heterocycles. The molecule has 0 spiro atoms. The standard InChI is InChI=1S/2C15H14F3NO4S2.C2H6/c1-24(20)13-8-4-5-9-14(13)25(21,22)19-23-10-11-6-2-3-7-12(11)15(16,17)18;1-25(20,21)14-5-3-2-4-13(14)24-19-22-10-11-6-8-12(9-7-11)23-15(16,17)18;1-2/h2*2-9,19H,10H2,1H3;1-2H3. The second-order valence-corrected chi connectivity index (χ2v) is 15.6. The first kappa shape index (κ1) is 44.7. The molecule has 4 rings (SSSR count). The Morgan fingerprint density at radius 2 is 1.29 bits per heavy atom. The summed E-state index contributed by atoms with van der Waals surface area (Å²) in [7, 11) is -9.13. The minimum Gasteiger partial charge on any atom is -0.406 e. The van der Waals surface area contributed by atoms with Crippen molar-refractivity contribution in [3.63, 3.8) is 0 Å². The largest absolute Gasteiger partial charge is 0.573 e. The lowest BCUT2D eigenvalue weighted by molar-refractivity contribution is -0.274. The van der Waals surface area contributed by atoms with Gasteiger partial charge in [0.05, 0.1) is 39.4 Å². The van der Waals surface area contributed by atoms with Gasteiger partial charge in [-0.2, -0.15) is 13.2 Å². The summed E-state index contributed by atoms with van der Waals surface area (Å²) in [5, 5.41) is 0. The minimum atomic E-state index is -4.73. The van der Waals surface area contributed by atoms with E-state index >= 15 is 0 Å². The number of hydrogen-bond acceptors (Lipinski definition) is 10. The third-order valence-corrected chi connectivity index (χ3v) is 10.5. The first-order valence-electron chi connectivity index (χ1n) is 14.7. The first-order chi connectivity index (χ1) is 24.3. The summed E-state index contributed by atoms with van der Waals surface area (Å²) in [5.41, 5.74) is -0.520. The maximum Gasteiger partial charge on any atom is 0.573 e. The number of rotatable bonds is 13. The number of halogens is 6. The van der Waals surface area contributed by atoms with Gasteiger partial charge in [0.2, 0.25) is 0 Å². The van der Waals surface area contributed by atoms with Crippen LogP contribution in [0.5, 0.6) is 5.75 Å². The lowest BCUT2D eigenvalue weighted by atomic mass is 10.1. The Bertz CT molecular complexity index is 1980. The topological polar surface area (TPSA) is 137 Å². The molecule has 286 valence electrons. The molecule has 0 aromatic heterocycles. The van der Waals surface area contributed by atoms with Gasteiger partial charge < -0.3 is 4.74 Å². The van der Waals surface area contributed by atoms with Crippen molar-refractivity contribution >= 4 is 42.6 Å². The predicted molar refractivity (Wildman–Crippen MR) is 183 cm³/mol. The third kappa shape index (κ3) is 14.9. The summed E-state index contributed by atoms with van der Waals surface area (Å²) in [5.74, 6) is -0.319. The van der Waals surface area contributed by atoms with Crippen LogP contribution in [0.2, 0.25) is 0 Å². The SMILES string of the molecule is CC.CS(=O)(=O)c1ccccc1SNOCc1ccc(OC(F)(F)F)cc1.CS(=O)c1ccccc1S(=O)(=O)NOCc1ccccc1C(F)(F)F. The molecule has 0 saturated carbocycles. The van der Waals surface area contributed by atoms with Gasteiger partial charge in [0.15, 0.2) is 9.84 Å². The Kier molecular flexibility index (Phi) is 17.3. The summed E-state index contributed by atoms with van der Waals surface area (Å²) < 4.78 is 138. The van der Waals surface area contributed by atoms with Gasteiger partial charge in [0.1, 0.15) is 10.6 Å². The quantitative estimate of drug-likeness (QED) is 0.0601. The lowest BCUT2D eigenvalue weighted by Crippen LogP contribution is -2.25. The van der Waals surface area contributed by atoms with E-state index in [1.54, 1.807) is 23.1 Å². The number of benzene rings is 4. The van der Waals surface area contributed by atoms with E-state index in [0.29, 0.717) is 10.5 Å². The smallest absolute Gasteiger partial charge is 0.406 e. The molecule has 0 amide bonds. The molecule has 0 aliphatic rings. The molecule has 1 atom stereocenters. The molecule has 20 heteroatoms. The fourth-order valence-corrected chi connectivity index (χ4v) is 7.94. The van der Waals surface area contributed by atoms with Crippen LogP contribution >= 0.6 is 11.9 Å². The van der Waals surface area contributed by atoms with Crippen molar-refractivity contribution in [3.8, 4) is 5.75 Å². The zero-order valence-electron chi connectivity index (χ0n) is 27.8. The average Bonchev–Trinajstić information content (AvgIpc) is 3.07. The van der Waals surface area contributed by atoms with Crippen LogP contribution in [0.4, 0.5) is 26.3 Å². The van der Waals surface area contributed by atoms with Crippen molar-refractivity contribution in [1.82, 2.24) is 9.77 Å². The summed E-state index contributed by atoms with van der Waals surface area (Å²) in [4.78, 5) is 14.7. The van der Waals surface area contributed by atoms with Gasteiger partial charge in [-0.1, -0.05) is 73.3 Å².